The van der Waals surface area contributed by atoms with Crippen LogP contribution in [0, 0.1) is 0 Å². The molecule has 4 aromatic rings. The third kappa shape index (κ3) is 9.15. The van der Waals surface area contributed by atoms with Gasteiger partial charge in [0, 0.05) is 37.5 Å². The van der Waals surface area contributed by atoms with Crippen LogP contribution in [0.3, 0.4) is 0 Å². The first-order chi connectivity index (χ1) is 23.2. The standard InChI is InChI=1S/C39H44N2O7/c1-26(38(46)30-8-4-3-5-9-30)41(2)24-33-22-35(29-14-12-27(25-42)13-15-29)48-39(47-33)31-18-16-28(17-19-31)34-11-7-6-10-32(34)23-40-36(43)20-21-37(44)45/h3-19,26,33,35,38-39,42,46H,20-25H2,1-2H3,(H,40,43)(H,44,45)/t26-,33+,35-,38-,39-/m0/s1. The van der Waals surface area contributed by atoms with Gasteiger partial charge in [-0.05, 0) is 47.4 Å². The van der Waals surface area contributed by atoms with Gasteiger partial charge in [0.15, 0.2) is 6.29 Å². The normalized spacial score (nSPS) is 19.1. The number of aliphatic hydroxyl groups is 2. The molecule has 0 spiro atoms. The van der Waals surface area contributed by atoms with E-state index in [1.807, 2.05) is 117 Å². The van der Waals surface area contributed by atoms with E-state index in [0.717, 1.165) is 38.9 Å². The highest BCUT2D eigenvalue weighted by Gasteiger charge is 2.34. The summed E-state index contributed by atoms with van der Waals surface area (Å²) in [5.41, 5.74) is 6.40. The molecule has 1 amide bonds. The summed E-state index contributed by atoms with van der Waals surface area (Å²) in [5.74, 6) is -1.31. The number of amides is 1. The second kappa shape index (κ2) is 16.6. The highest BCUT2D eigenvalue weighted by molar-refractivity contribution is 5.80. The second-order valence-corrected chi connectivity index (χ2v) is 12.3. The molecule has 9 heteroatoms. The van der Waals surface area contributed by atoms with Crippen LogP contribution < -0.4 is 5.32 Å². The Morgan fingerprint density at radius 2 is 1.54 bits per heavy atom. The van der Waals surface area contributed by atoms with E-state index < -0.39 is 18.4 Å². The average Bonchev–Trinajstić information content (AvgIpc) is 3.13. The van der Waals surface area contributed by atoms with Gasteiger partial charge in [-0.15, -0.1) is 0 Å². The molecule has 0 bridgehead atoms. The molecular weight excluding hydrogens is 608 g/mol. The van der Waals surface area contributed by atoms with E-state index >= 15 is 0 Å². The maximum atomic E-state index is 12.1. The SMILES string of the molecule is C[C@@H]([C@H](O)c1ccccc1)N(C)C[C@H]1C[C@@H](c2ccc(CO)cc2)O[C@@H](c2ccc(-c3ccccc3CNC(=O)CCC(=O)O)cc2)O1. The van der Waals surface area contributed by atoms with E-state index in [1.54, 1.807) is 0 Å². The molecule has 252 valence electrons. The lowest BCUT2D eigenvalue weighted by molar-refractivity contribution is -0.253. The van der Waals surface area contributed by atoms with E-state index in [0.29, 0.717) is 13.0 Å². The van der Waals surface area contributed by atoms with E-state index in [9.17, 15) is 19.8 Å². The molecule has 0 aromatic heterocycles. The van der Waals surface area contributed by atoms with Gasteiger partial charge in [0.1, 0.15) is 0 Å². The van der Waals surface area contributed by atoms with Gasteiger partial charge >= 0.3 is 5.97 Å². The molecule has 1 saturated heterocycles. The maximum Gasteiger partial charge on any atom is 0.303 e. The molecule has 4 N–H and O–H groups in total. The highest BCUT2D eigenvalue weighted by Crippen LogP contribution is 2.39. The fraction of sp³-hybridized carbons (Fsp3) is 0.333. The summed E-state index contributed by atoms with van der Waals surface area (Å²) in [6.45, 7) is 2.85. The molecule has 1 aliphatic heterocycles. The zero-order chi connectivity index (χ0) is 34.0. The lowest BCUT2D eigenvalue weighted by Gasteiger charge is -2.39. The van der Waals surface area contributed by atoms with Crippen LogP contribution in [0.1, 0.15) is 72.5 Å². The van der Waals surface area contributed by atoms with Gasteiger partial charge in [0.2, 0.25) is 5.91 Å². The quantitative estimate of drug-likeness (QED) is 0.132. The van der Waals surface area contributed by atoms with Crippen LogP contribution in [0.2, 0.25) is 0 Å². The largest absolute Gasteiger partial charge is 0.481 e. The Balaban J connectivity index is 1.32. The number of nitrogens with zero attached hydrogens (tertiary/aromatic N) is 1. The molecule has 1 aliphatic rings. The minimum Gasteiger partial charge on any atom is -0.481 e. The van der Waals surface area contributed by atoms with E-state index in [1.165, 1.54) is 0 Å². The topological polar surface area (TPSA) is 129 Å². The molecule has 0 radical (unpaired) electrons. The number of hydrogen-bond acceptors (Lipinski definition) is 7. The van der Waals surface area contributed by atoms with Crippen molar-refractivity contribution in [3.8, 4) is 11.1 Å². The van der Waals surface area contributed by atoms with Gasteiger partial charge in [0.05, 0.1) is 31.3 Å². The smallest absolute Gasteiger partial charge is 0.303 e. The summed E-state index contributed by atoms with van der Waals surface area (Å²) >= 11 is 0. The van der Waals surface area contributed by atoms with Crippen molar-refractivity contribution in [3.63, 3.8) is 0 Å². The number of carboxylic acid groups (broad SMARTS) is 1. The van der Waals surface area contributed by atoms with Crippen LogP contribution >= 0.6 is 0 Å². The van der Waals surface area contributed by atoms with Gasteiger partial charge in [-0.1, -0.05) is 103 Å². The Bertz CT molecular complexity index is 1630. The molecule has 1 heterocycles. The monoisotopic (exact) mass is 652 g/mol. The molecule has 0 saturated carbocycles. The van der Waals surface area contributed by atoms with Crippen molar-refractivity contribution >= 4 is 11.9 Å². The van der Waals surface area contributed by atoms with Gasteiger partial charge in [0.25, 0.3) is 0 Å². The third-order valence-corrected chi connectivity index (χ3v) is 8.95. The van der Waals surface area contributed by atoms with Crippen LogP contribution in [0.15, 0.2) is 103 Å². The van der Waals surface area contributed by atoms with Gasteiger partial charge < -0.3 is 30.1 Å². The van der Waals surface area contributed by atoms with Crippen LogP contribution in [-0.2, 0) is 32.2 Å². The Labute approximate surface area is 281 Å². The van der Waals surface area contributed by atoms with Crippen LogP contribution in [-0.4, -0.2) is 57.8 Å². The van der Waals surface area contributed by atoms with Crippen molar-refractivity contribution in [2.24, 2.45) is 0 Å². The number of aliphatic hydroxyl groups excluding tert-OH is 2. The second-order valence-electron chi connectivity index (χ2n) is 12.3. The van der Waals surface area contributed by atoms with Crippen molar-refractivity contribution in [1.82, 2.24) is 10.2 Å². The number of carboxylic acids is 1. The predicted octanol–water partition coefficient (Wildman–Crippen LogP) is 5.93. The number of ether oxygens (including phenoxy) is 2. The summed E-state index contributed by atoms with van der Waals surface area (Å²) in [4.78, 5) is 25.1. The summed E-state index contributed by atoms with van der Waals surface area (Å²) in [5, 5.41) is 32.3. The Hall–Kier alpha value is -4.38. The summed E-state index contributed by atoms with van der Waals surface area (Å²) in [7, 11) is 2.00. The van der Waals surface area contributed by atoms with Crippen molar-refractivity contribution in [2.45, 2.75) is 70.0 Å². The summed E-state index contributed by atoms with van der Waals surface area (Å²) in [6.07, 6.45) is -1.36. The number of benzene rings is 4. The van der Waals surface area contributed by atoms with Gasteiger partial charge in [-0.25, -0.2) is 0 Å². The van der Waals surface area contributed by atoms with Crippen LogP contribution in [0.25, 0.3) is 11.1 Å². The number of rotatable bonds is 14. The average molecular weight is 653 g/mol. The lowest BCUT2D eigenvalue weighted by atomic mass is 9.97. The number of likely N-dealkylation sites (N-methyl/N-ethyl adjacent to an activating group) is 1. The third-order valence-electron chi connectivity index (χ3n) is 8.95. The fourth-order valence-electron chi connectivity index (χ4n) is 5.97. The van der Waals surface area contributed by atoms with Crippen LogP contribution in [0.4, 0.5) is 0 Å². The molecule has 48 heavy (non-hydrogen) atoms. The zero-order valence-electron chi connectivity index (χ0n) is 27.4. The predicted molar refractivity (Wildman–Crippen MR) is 183 cm³/mol. The number of aliphatic carboxylic acids is 1. The van der Waals surface area contributed by atoms with Crippen molar-refractivity contribution in [3.05, 3.63) is 131 Å². The molecule has 5 rings (SSSR count). The minimum absolute atomic E-state index is 0.0286. The number of carbonyl (C=O) groups excluding carboxylic acids is 1. The first kappa shape index (κ1) is 34.9. The molecule has 0 aliphatic carbocycles. The fourth-order valence-corrected chi connectivity index (χ4v) is 5.97. The zero-order valence-corrected chi connectivity index (χ0v) is 27.4. The molecule has 9 nitrogen and oxygen atoms in total. The Morgan fingerprint density at radius 1 is 0.875 bits per heavy atom. The first-order valence-corrected chi connectivity index (χ1v) is 16.3. The van der Waals surface area contributed by atoms with Crippen molar-refractivity contribution in [1.29, 1.82) is 0 Å². The number of carbonyl (C=O) groups is 2. The first-order valence-electron chi connectivity index (χ1n) is 16.3. The lowest BCUT2D eigenvalue weighted by Crippen LogP contribution is -2.43. The van der Waals surface area contributed by atoms with E-state index in [2.05, 4.69) is 10.2 Å². The maximum absolute atomic E-state index is 12.1. The Morgan fingerprint density at radius 3 is 2.23 bits per heavy atom. The van der Waals surface area contributed by atoms with Crippen LogP contribution in [0.5, 0.6) is 0 Å². The van der Waals surface area contributed by atoms with Gasteiger partial charge in [-0.2, -0.15) is 0 Å². The van der Waals surface area contributed by atoms with E-state index in [-0.39, 0.29) is 50.2 Å². The summed E-state index contributed by atoms with van der Waals surface area (Å²) < 4.78 is 13.1. The van der Waals surface area contributed by atoms with Gasteiger partial charge in [-0.3, -0.25) is 14.5 Å². The van der Waals surface area contributed by atoms with E-state index in [4.69, 9.17) is 14.6 Å². The molecular formula is C39H44N2O7. The number of hydrogen-bond donors (Lipinski definition) is 4. The van der Waals surface area contributed by atoms with Crippen molar-refractivity contribution in [2.75, 3.05) is 13.6 Å². The number of nitrogens with one attached hydrogen (secondary N) is 1. The summed E-state index contributed by atoms with van der Waals surface area (Å²) in [6, 6.07) is 33.1. The molecule has 1 fully saturated rings. The molecule has 4 aromatic carbocycles. The highest BCUT2D eigenvalue weighted by atomic mass is 16.7. The molecule has 5 atom stereocenters. The Kier molecular flexibility index (Phi) is 12.1. The molecule has 0 unspecified atom stereocenters. The van der Waals surface area contributed by atoms with Crippen molar-refractivity contribution < 1.29 is 34.4 Å². The minimum atomic E-state index is -1.00.